The third-order valence-electron chi connectivity index (χ3n) is 3.43. The summed E-state index contributed by atoms with van der Waals surface area (Å²) in [5.74, 6) is -0.570. The molecule has 0 aliphatic heterocycles. The minimum Gasteiger partial charge on any atom is -0.304 e. The van der Waals surface area contributed by atoms with Crippen LogP contribution < -0.4 is 5.56 Å². The van der Waals surface area contributed by atoms with E-state index in [4.69, 9.17) is 5.26 Å². The zero-order valence-electron chi connectivity index (χ0n) is 11.1. The van der Waals surface area contributed by atoms with Crippen molar-refractivity contribution in [2.45, 2.75) is 6.54 Å². The summed E-state index contributed by atoms with van der Waals surface area (Å²) in [4.78, 5) is 12.1. The topological polar surface area (TPSA) is 45.8 Å². The minimum atomic E-state index is -0.570. The quantitative estimate of drug-likeness (QED) is 0.723. The number of fused-ring (bicyclic) bond motifs is 1. The van der Waals surface area contributed by atoms with Crippen LogP contribution in [0.25, 0.3) is 10.9 Å². The van der Waals surface area contributed by atoms with Crippen molar-refractivity contribution in [3.8, 4) is 6.07 Å². The van der Waals surface area contributed by atoms with Crippen molar-refractivity contribution in [3.05, 3.63) is 81.9 Å². The lowest BCUT2D eigenvalue weighted by Crippen LogP contribution is -2.20. The van der Waals surface area contributed by atoms with Gasteiger partial charge in [0.15, 0.2) is 0 Å². The number of hydrogen-bond donors (Lipinski definition) is 0. The van der Waals surface area contributed by atoms with Gasteiger partial charge in [-0.15, -0.1) is 0 Å². The number of nitrogens with zero attached hydrogens (tertiary/aromatic N) is 2. The van der Waals surface area contributed by atoms with Gasteiger partial charge in [-0.25, -0.2) is 4.39 Å². The predicted molar refractivity (Wildman–Crippen MR) is 78.4 cm³/mol. The average Bonchev–Trinajstić information content (AvgIpc) is 2.52. The Bertz CT molecular complexity index is 922. The lowest BCUT2D eigenvalue weighted by atomic mass is 10.1. The molecule has 0 saturated carbocycles. The van der Waals surface area contributed by atoms with Crippen molar-refractivity contribution in [2.24, 2.45) is 0 Å². The second-order valence-corrected chi connectivity index (χ2v) is 4.71. The standard InChI is InChI=1S/C17H11FN2O/c18-17-13(10-19)5-3-6-14(17)11-20-15-7-2-1-4-12(15)8-9-16(20)21/h1-9H,11H2. The Morgan fingerprint density at radius 3 is 2.67 bits per heavy atom. The van der Waals surface area contributed by atoms with Crippen molar-refractivity contribution in [2.75, 3.05) is 0 Å². The molecule has 0 aliphatic rings. The first-order valence-electron chi connectivity index (χ1n) is 6.47. The maximum atomic E-state index is 14.2. The number of benzene rings is 2. The smallest absolute Gasteiger partial charge is 0.251 e. The highest BCUT2D eigenvalue weighted by Gasteiger charge is 2.10. The maximum Gasteiger partial charge on any atom is 0.251 e. The molecule has 0 saturated heterocycles. The van der Waals surface area contributed by atoms with Gasteiger partial charge in [0.1, 0.15) is 11.9 Å². The Hall–Kier alpha value is -2.93. The highest BCUT2D eigenvalue weighted by molar-refractivity contribution is 5.78. The van der Waals surface area contributed by atoms with Gasteiger partial charge in [0.05, 0.1) is 17.6 Å². The van der Waals surface area contributed by atoms with Crippen LogP contribution in [0.1, 0.15) is 11.1 Å². The number of nitriles is 1. The third-order valence-corrected chi connectivity index (χ3v) is 3.43. The van der Waals surface area contributed by atoms with Gasteiger partial charge < -0.3 is 4.57 Å². The minimum absolute atomic E-state index is 0.0132. The molecule has 2 aromatic carbocycles. The van der Waals surface area contributed by atoms with E-state index in [1.54, 1.807) is 18.2 Å². The van der Waals surface area contributed by atoms with Crippen LogP contribution in [-0.4, -0.2) is 4.57 Å². The molecule has 1 heterocycles. The van der Waals surface area contributed by atoms with E-state index in [0.29, 0.717) is 5.56 Å². The summed E-state index contributed by atoms with van der Waals surface area (Å²) in [6, 6.07) is 17.1. The molecule has 4 heteroatoms. The molecule has 0 radical (unpaired) electrons. The third kappa shape index (κ3) is 2.30. The van der Waals surface area contributed by atoms with Crippen LogP contribution in [0.15, 0.2) is 59.4 Å². The molecule has 1 aromatic heterocycles. The first kappa shape index (κ1) is 13.1. The first-order valence-corrected chi connectivity index (χ1v) is 6.47. The second-order valence-electron chi connectivity index (χ2n) is 4.71. The van der Waals surface area contributed by atoms with E-state index in [-0.39, 0.29) is 17.7 Å². The molecule has 0 aliphatic carbocycles. The molecule has 0 amide bonds. The van der Waals surface area contributed by atoms with Gasteiger partial charge in [-0.1, -0.05) is 30.3 Å². The highest BCUT2D eigenvalue weighted by atomic mass is 19.1. The van der Waals surface area contributed by atoms with Gasteiger partial charge in [0.25, 0.3) is 5.56 Å². The highest BCUT2D eigenvalue weighted by Crippen LogP contribution is 2.16. The number of hydrogen-bond acceptors (Lipinski definition) is 2. The largest absolute Gasteiger partial charge is 0.304 e. The average molecular weight is 278 g/mol. The van der Waals surface area contributed by atoms with Crippen LogP contribution in [0.3, 0.4) is 0 Å². The fourth-order valence-corrected chi connectivity index (χ4v) is 2.37. The van der Waals surface area contributed by atoms with E-state index in [9.17, 15) is 9.18 Å². The number of halogens is 1. The fraction of sp³-hybridized carbons (Fsp3) is 0.0588. The molecule has 0 unspecified atom stereocenters. The van der Waals surface area contributed by atoms with E-state index < -0.39 is 5.82 Å². The lowest BCUT2D eigenvalue weighted by molar-refractivity contribution is 0.596. The summed E-state index contributed by atoms with van der Waals surface area (Å²) < 4.78 is 15.7. The number of para-hydroxylation sites is 1. The molecule has 0 bridgehead atoms. The maximum absolute atomic E-state index is 14.2. The van der Waals surface area contributed by atoms with Crippen LogP contribution in [0.2, 0.25) is 0 Å². The Balaban J connectivity index is 2.17. The van der Waals surface area contributed by atoms with Crippen molar-refractivity contribution in [1.29, 1.82) is 5.26 Å². The zero-order chi connectivity index (χ0) is 14.8. The molecule has 102 valence electrons. The summed E-state index contributed by atoms with van der Waals surface area (Å²) in [6.45, 7) is 0.0987. The molecular formula is C17H11FN2O. The summed E-state index contributed by atoms with van der Waals surface area (Å²) in [5.41, 5.74) is 0.857. The Kier molecular flexibility index (Phi) is 3.25. The lowest BCUT2D eigenvalue weighted by Gasteiger charge is -2.11. The van der Waals surface area contributed by atoms with Crippen molar-refractivity contribution < 1.29 is 4.39 Å². The molecule has 3 aromatic rings. The van der Waals surface area contributed by atoms with Gasteiger partial charge in [-0.05, 0) is 23.6 Å². The van der Waals surface area contributed by atoms with Crippen LogP contribution in [0.5, 0.6) is 0 Å². The molecule has 3 rings (SSSR count). The summed E-state index contributed by atoms with van der Waals surface area (Å²) >= 11 is 0. The van der Waals surface area contributed by atoms with E-state index in [1.807, 2.05) is 30.3 Å². The van der Waals surface area contributed by atoms with E-state index in [0.717, 1.165) is 10.9 Å². The summed E-state index contributed by atoms with van der Waals surface area (Å²) in [6.07, 6.45) is 0. The molecule has 0 atom stereocenters. The molecular weight excluding hydrogens is 267 g/mol. The van der Waals surface area contributed by atoms with Gasteiger partial charge in [0, 0.05) is 11.6 Å². The monoisotopic (exact) mass is 278 g/mol. The Morgan fingerprint density at radius 2 is 1.86 bits per heavy atom. The van der Waals surface area contributed by atoms with Crippen LogP contribution in [-0.2, 0) is 6.54 Å². The van der Waals surface area contributed by atoms with Crippen molar-refractivity contribution in [3.63, 3.8) is 0 Å². The number of pyridine rings is 1. The van der Waals surface area contributed by atoms with Gasteiger partial charge in [-0.2, -0.15) is 5.26 Å². The molecule has 0 fully saturated rings. The molecule has 21 heavy (non-hydrogen) atoms. The number of rotatable bonds is 2. The van der Waals surface area contributed by atoms with Crippen molar-refractivity contribution in [1.82, 2.24) is 4.57 Å². The molecule has 3 nitrogen and oxygen atoms in total. The van der Waals surface area contributed by atoms with Gasteiger partial charge in [-0.3, -0.25) is 4.79 Å². The van der Waals surface area contributed by atoms with E-state index >= 15 is 0 Å². The van der Waals surface area contributed by atoms with Crippen LogP contribution in [0, 0.1) is 17.1 Å². The van der Waals surface area contributed by atoms with Gasteiger partial charge in [0.2, 0.25) is 0 Å². The summed E-state index contributed by atoms with van der Waals surface area (Å²) in [7, 11) is 0. The summed E-state index contributed by atoms with van der Waals surface area (Å²) in [5, 5.41) is 9.79. The van der Waals surface area contributed by atoms with Gasteiger partial charge >= 0.3 is 0 Å². The van der Waals surface area contributed by atoms with E-state index in [2.05, 4.69) is 0 Å². The second kappa shape index (κ2) is 5.22. The Morgan fingerprint density at radius 1 is 1.05 bits per heavy atom. The fourth-order valence-electron chi connectivity index (χ4n) is 2.37. The zero-order valence-corrected chi connectivity index (χ0v) is 11.1. The van der Waals surface area contributed by atoms with Crippen LogP contribution >= 0.6 is 0 Å². The Labute approximate surface area is 120 Å². The number of aromatic nitrogens is 1. The normalized spacial score (nSPS) is 10.5. The molecule has 0 N–H and O–H groups in total. The van der Waals surface area contributed by atoms with Crippen LogP contribution in [0.4, 0.5) is 4.39 Å². The van der Waals surface area contributed by atoms with Crippen molar-refractivity contribution >= 4 is 10.9 Å². The SMILES string of the molecule is N#Cc1cccc(Cn2c(=O)ccc3ccccc32)c1F. The first-order chi connectivity index (χ1) is 10.2. The molecule has 0 spiro atoms. The predicted octanol–water partition coefficient (Wildman–Crippen LogP) is 3.06. The van der Waals surface area contributed by atoms with E-state index in [1.165, 1.54) is 16.7 Å².